The van der Waals surface area contributed by atoms with Gasteiger partial charge in [0, 0.05) is 22.2 Å². The molecule has 2 heteroatoms. The first-order valence-corrected chi connectivity index (χ1v) is 22.7. The lowest BCUT2D eigenvalue weighted by atomic mass is 9.81. The lowest BCUT2D eigenvalue weighted by Gasteiger charge is -2.22. The largest absolute Gasteiger partial charge is 0.308 e. The highest BCUT2D eigenvalue weighted by Gasteiger charge is 2.36. The van der Waals surface area contributed by atoms with Gasteiger partial charge >= 0.3 is 0 Å². The van der Waals surface area contributed by atoms with E-state index in [0.29, 0.717) is 0 Å². The summed E-state index contributed by atoms with van der Waals surface area (Å²) < 4.78 is 4.95. The van der Waals surface area contributed by atoms with Gasteiger partial charge in [0.1, 0.15) is 0 Å². The van der Waals surface area contributed by atoms with Crippen molar-refractivity contribution in [1.82, 2.24) is 9.13 Å². The molecular formula is C62H50N2. The molecule has 2 heterocycles. The van der Waals surface area contributed by atoms with E-state index in [1.54, 1.807) is 0 Å². The topological polar surface area (TPSA) is 9.86 Å². The van der Waals surface area contributed by atoms with E-state index in [1.807, 2.05) is 0 Å². The number of benzene rings is 8. The molecule has 10 aromatic rings. The molecule has 0 spiro atoms. The van der Waals surface area contributed by atoms with Gasteiger partial charge in [0.25, 0.3) is 0 Å². The van der Waals surface area contributed by atoms with Crippen LogP contribution >= 0.6 is 0 Å². The summed E-state index contributed by atoms with van der Waals surface area (Å²) >= 11 is 0. The van der Waals surface area contributed by atoms with Gasteiger partial charge in [-0.05, 0) is 164 Å². The maximum atomic E-state index is 2.48. The van der Waals surface area contributed by atoms with Gasteiger partial charge < -0.3 is 9.13 Å². The Labute approximate surface area is 376 Å². The van der Waals surface area contributed by atoms with Crippen LogP contribution in [0, 0.1) is 13.8 Å². The number of hydrogen-bond acceptors (Lipinski definition) is 0. The Morgan fingerprint density at radius 2 is 0.672 bits per heavy atom. The summed E-state index contributed by atoms with van der Waals surface area (Å²) in [6, 6.07) is 72.9. The van der Waals surface area contributed by atoms with Crippen LogP contribution in [-0.2, 0) is 10.8 Å². The molecule has 8 aromatic carbocycles. The summed E-state index contributed by atoms with van der Waals surface area (Å²) in [4.78, 5) is 0. The summed E-state index contributed by atoms with van der Waals surface area (Å²) in [5, 5.41) is 0. The van der Waals surface area contributed by atoms with Crippen molar-refractivity contribution in [3.8, 4) is 78.4 Å². The van der Waals surface area contributed by atoms with Crippen LogP contribution in [0.1, 0.15) is 61.1 Å². The highest BCUT2D eigenvalue weighted by molar-refractivity contribution is 5.95. The Morgan fingerprint density at radius 1 is 0.297 bits per heavy atom. The Hall–Kier alpha value is -7.42. The zero-order valence-electron chi connectivity index (χ0n) is 37.4. The molecule has 0 atom stereocenters. The van der Waals surface area contributed by atoms with Crippen molar-refractivity contribution >= 4 is 11.0 Å². The Morgan fingerprint density at radius 3 is 1.11 bits per heavy atom. The van der Waals surface area contributed by atoms with Gasteiger partial charge in [-0.2, -0.15) is 0 Å². The molecule has 0 aliphatic heterocycles. The SMILES string of the molecule is Cc1cccc(-n2c(-c3cccc(-c4ccc5c(c4)C(C)(C)c4ccccc4-5)c3)cc3c2cc(-c2cccc(-c4ccc5c(c4)C(C)(C)c4ccccc4-5)c2)n3-c2cccc(C)c2)c1. The van der Waals surface area contributed by atoms with Crippen LogP contribution in [0.25, 0.3) is 89.4 Å². The van der Waals surface area contributed by atoms with Gasteiger partial charge in [-0.25, -0.2) is 0 Å². The molecule has 0 saturated heterocycles. The molecule has 0 amide bonds. The number of aryl methyl sites for hydroxylation is 2. The molecule has 2 aromatic heterocycles. The van der Waals surface area contributed by atoms with Crippen molar-refractivity contribution in [2.75, 3.05) is 0 Å². The molecular weight excluding hydrogens is 773 g/mol. The van der Waals surface area contributed by atoms with E-state index in [2.05, 4.69) is 245 Å². The van der Waals surface area contributed by atoms with E-state index in [9.17, 15) is 0 Å². The number of aromatic nitrogens is 2. The van der Waals surface area contributed by atoms with E-state index < -0.39 is 0 Å². The molecule has 0 fully saturated rings. The third-order valence-corrected chi connectivity index (χ3v) is 14.4. The number of fused-ring (bicyclic) bond motifs is 7. The van der Waals surface area contributed by atoms with Gasteiger partial charge in [-0.15, -0.1) is 0 Å². The lowest BCUT2D eigenvalue weighted by Crippen LogP contribution is -2.14. The molecule has 0 unspecified atom stereocenters. The first kappa shape index (κ1) is 38.3. The first-order valence-electron chi connectivity index (χ1n) is 22.7. The van der Waals surface area contributed by atoms with E-state index in [0.717, 1.165) is 22.8 Å². The molecule has 0 N–H and O–H groups in total. The van der Waals surface area contributed by atoms with E-state index in [-0.39, 0.29) is 10.8 Å². The van der Waals surface area contributed by atoms with Crippen molar-refractivity contribution < 1.29 is 0 Å². The highest BCUT2D eigenvalue weighted by Crippen LogP contribution is 2.51. The van der Waals surface area contributed by atoms with Crippen LogP contribution < -0.4 is 0 Å². The second kappa shape index (κ2) is 14.0. The standard InChI is InChI=1S/C62H50N2/c1-39-15-11-21-47(31-39)63-57(45-19-13-17-41(33-45)43-27-29-51-49-23-7-9-25-53(49)61(3,4)55(51)35-43)37-60-59(63)38-58(64(60)48-22-12-16-40(2)32-48)46-20-14-18-42(34-46)44-28-30-52-50-24-8-10-26-54(50)62(5,6)56(52)36-44/h7-38H,1-6H3. The molecule has 64 heavy (non-hydrogen) atoms. The summed E-state index contributed by atoms with van der Waals surface area (Å²) in [5.41, 5.74) is 27.5. The monoisotopic (exact) mass is 822 g/mol. The predicted octanol–water partition coefficient (Wildman–Crippen LogP) is 16.3. The average molecular weight is 823 g/mol. The molecule has 0 saturated carbocycles. The molecule has 2 nitrogen and oxygen atoms in total. The summed E-state index contributed by atoms with van der Waals surface area (Å²) in [7, 11) is 0. The van der Waals surface area contributed by atoms with Crippen molar-refractivity contribution in [2.45, 2.75) is 52.4 Å². The van der Waals surface area contributed by atoms with E-state index in [1.165, 1.54) is 100 Å². The van der Waals surface area contributed by atoms with Crippen LogP contribution in [-0.4, -0.2) is 9.13 Å². The quantitative estimate of drug-likeness (QED) is 0.158. The van der Waals surface area contributed by atoms with E-state index >= 15 is 0 Å². The molecule has 0 radical (unpaired) electrons. The Kier molecular flexibility index (Phi) is 8.40. The highest BCUT2D eigenvalue weighted by atomic mass is 15.1. The molecule has 12 rings (SSSR count). The normalized spacial score (nSPS) is 14.0. The predicted molar refractivity (Wildman–Crippen MR) is 269 cm³/mol. The second-order valence-corrected chi connectivity index (χ2v) is 19.2. The van der Waals surface area contributed by atoms with Gasteiger partial charge in [0.05, 0.1) is 22.4 Å². The molecule has 0 bridgehead atoms. The van der Waals surface area contributed by atoms with Crippen LogP contribution in [0.3, 0.4) is 0 Å². The van der Waals surface area contributed by atoms with Crippen LogP contribution in [0.15, 0.2) is 194 Å². The lowest BCUT2D eigenvalue weighted by molar-refractivity contribution is 0.660. The summed E-state index contributed by atoms with van der Waals surface area (Å²) in [5.74, 6) is 0. The first-order chi connectivity index (χ1) is 31.0. The fraction of sp³-hybridized carbons (Fsp3) is 0.129. The number of hydrogen-bond donors (Lipinski definition) is 0. The second-order valence-electron chi connectivity index (χ2n) is 19.2. The fourth-order valence-electron chi connectivity index (χ4n) is 11.2. The smallest absolute Gasteiger partial charge is 0.0724 e. The van der Waals surface area contributed by atoms with Crippen LogP contribution in [0.2, 0.25) is 0 Å². The minimum atomic E-state index is -0.0618. The third kappa shape index (κ3) is 5.78. The summed E-state index contributed by atoms with van der Waals surface area (Å²) in [6.07, 6.45) is 0. The van der Waals surface area contributed by atoms with Gasteiger partial charge in [0.2, 0.25) is 0 Å². The number of rotatable bonds is 6. The van der Waals surface area contributed by atoms with Crippen LogP contribution in [0.4, 0.5) is 0 Å². The molecule has 2 aliphatic rings. The van der Waals surface area contributed by atoms with Crippen molar-refractivity contribution in [2.24, 2.45) is 0 Å². The maximum Gasteiger partial charge on any atom is 0.0724 e. The minimum absolute atomic E-state index is 0.0618. The Balaban J connectivity index is 1.02. The van der Waals surface area contributed by atoms with Crippen LogP contribution in [0.5, 0.6) is 0 Å². The number of nitrogens with zero attached hydrogens (tertiary/aromatic N) is 2. The maximum absolute atomic E-state index is 2.48. The van der Waals surface area contributed by atoms with Gasteiger partial charge in [-0.1, -0.05) is 161 Å². The zero-order chi connectivity index (χ0) is 43.5. The van der Waals surface area contributed by atoms with E-state index in [4.69, 9.17) is 0 Å². The van der Waals surface area contributed by atoms with Crippen molar-refractivity contribution in [3.05, 3.63) is 228 Å². The van der Waals surface area contributed by atoms with Crippen molar-refractivity contribution in [3.63, 3.8) is 0 Å². The third-order valence-electron chi connectivity index (χ3n) is 14.4. The van der Waals surface area contributed by atoms with Gasteiger partial charge in [-0.3, -0.25) is 0 Å². The fourth-order valence-corrected chi connectivity index (χ4v) is 11.2. The minimum Gasteiger partial charge on any atom is -0.308 e. The molecule has 308 valence electrons. The summed E-state index contributed by atoms with van der Waals surface area (Å²) in [6.45, 7) is 13.8. The zero-order valence-corrected chi connectivity index (χ0v) is 37.4. The Bertz CT molecular complexity index is 3290. The van der Waals surface area contributed by atoms with Gasteiger partial charge in [0.15, 0.2) is 0 Å². The average Bonchev–Trinajstić information content (AvgIpc) is 4.00. The molecule has 2 aliphatic carbocycles. The van der Waals surface area contributed by atoms with Crippen molar-refractivity contribution in [1.29, 1.82) is 0 Å².